The third-order valence-corrected chi connectivity index (χ3v) is 2.35. The highest BCUT2D eigenvalue weighted by Gasteiger charge is 2.01. The van der Waals surface area contributed by atoms with Crippen LogP contribution in [0, 0.1) is 3.70 Å². The van der Waals surface area contributed by atoms with Crippen molar-refractivity contribution in [2.24, 2.45) is 0 Å². The first kappa shape index (κ1) is 7.36. The summed E-state index contributed by atoms with van der Waals surface area (Å²) in [5.41, 5.74) is 0.988. The number of H-pyrrole nitrogens is 1. The first-order chi connectivity index (χ1) is 5.27. The fourth-order valence-corrected chi connectivity index (χ4v) is 1.80. The lowest BCUT2D eigenvalue weighted by atomic mass is 10.3. The van der Waals surface area contributed by atoms with Gasteiger partial charge in [0.1, 0.15) is 0 Å². The molecule has 2 heterocycles. The molecule has 0 aliphatic rings. The van der Waals surface area contributed by atoms with Crippen molar-refractivity contribution >= 4 is 45.1 Å². The Morgan fingerprint density at radius 3 is 3.00 bits per heavy atom. The van der Waals surface area contributed by atoms with E-state index in [2.05, 4.69) is 32.6 Å². The lowest BCUT2D eigenvalue weighted by Crippen LogP contribution is -1.72. The van der Waals surface area contributed by atoms with Gasteiger partial charge < -0.3 is 4.98 Å². The van der Waals surface area contributed by atoms with Gasteiger partial charge in [0.05, 0.1) is 20.4 Å². The van der Waals surface area contributed by atoms with Crippen molar-refractivity contribution in [1.82, 2.24) is 9.97 Å². The van der Waals surface area contributed by atoms with Gasteiger partial charge in [-0.3, -0.25) is 4.98 Å². The van der Waals surface area contributed by atoms with Crippen LogP contribution in [0.2, 0.25) is 5.02 Å². The van der Waals surface area contributed by atoms with Crippen molar-refractivity contribution in [2.45, 2.75) is 0 Å². The Morgan fingerprint density at radius 2 is 2.27 bits per heavy atom. The second kappa shape index (κ2) is 2.64. The number of aromatic nitrogens is 2. The molecule has 0 bridgehead atoms. The molecule has 56 valence electrons. The van der Waals surface area contributed by atoms with Gasteiger partial charge in [-0.25, -0.2) is 0 Å². The largest absolute Gasteiger partial charge is 0.349 e. The van der Waals surface area contributed by atoms with E-state index >= 15 is 0 Å². The van der Waals surface area contributed by atoms with Crippen molar-refractivity contribution in [3.8, 4) is 0 Å². The lowest BCUT2D eigenvalue weighted by molar-refractivity contribution is 1.33. The predicted molar refractivity (Wildman–Crippen MR) is 53.8 cm³/mol. The van der Waals surface area contributed by atoms with Crippen LogP contribution in [0.15, 0.2) is 18.5 Å². The van der Waals surface area contributed by atoms with E-state index in [0.29, 0.717) is 5.02 Å². The summed E-state index contributed by atoms with van der Waals surface area (Å²) in [6.07, 6.45) is 3.41. The van der Waals surface area contributed by atoms with Gasteiger partial charge in [0.15, 0.2) is 0 Å². The number of hydrogen-bond donors (Lipinski definition) is 1. The number of hydrogen-bond acceptors (Lipinski definition) is 1. The van der Waals surface area contributed by atoms with Crippen molar-refractivity contribution in [1.29, 1.82) is 0 Å². The molecule has 0 fully saturated rings. The number of nitrogens with one attached hydrogen (secondary N) is 1. The normalized spacial score (nSPS) is 10.7. The summed E-state index contributed by atoms with van der Waals surface area (Å²) in [6.45, 7) is 0. The average molecular weight is 278 g/mol. The summed E-state index contributed by atoms with van der Waals surface area (Å²) in [6, 6.07) is 2.00. The summed E-state index contributed by atoms with van der Waals surface area (Å²) >= 11 is 8.09. The van der Waals surface area contributed by atoms with E-state index in [4.69, 9.17) is 11.6 Å². The van der Waals surface area contributed by atoms with Crippen LogP contribution in [0.1, 0.15) is 0 Å². The smallest absolute Gasteiger partial charge is 0.0783 e. The number of rotatable bonds is 0. The Morgan fingerprint density at radius 1 is 1.45 bits per heavy atom. The van der Waals surface area contributed by atoms with Crippen LogP contribution in [0.3, 0.4) is 0 Å². The second-order valence-corrected chi connectivity index (χ2v) is 3.77. The Hall–Kier alpha value is -0.290. The lowest BCUT2D eigenvalue weighted by Gasteiger charge is -1.89. The monoisotopic (exact) mass is 278 g/mol. The van der Waals surface area contributed by atoms with Crippen LogP contribution in [0.5, 0.6) is 0 Å². The molecule has 0 unspecified atom stereocenters. The predicted octanol–water partition coefficient (Wildman–Crippen LogP) is 2.82. The Kier molecular flexibility index (Phi) is 1.77. The first-order valence-electron chi connectivity index (χ1n) is 3.05. The first-order valence-corrected chi connectivity index (χ1v) is 4.51. The molecule has 0 atom stereocenters. The van der Waals surface area contributed by atoms with Crippen LogP contribution < -0.4 is 0 Å². The van der Waals surface area contributed by atoms with Gasteiger partial charge in [-0.05, 0) is 28.7 Å². The minimum atomic E-state index is 0.696. The zero-order valence-corrected chi connectivity index (χ0v) is 8.35. The summed E-state index contributed by atoms with van der Waals surface area (Å²) in [4.78, 5) is 7.10. The number of aromatic amines is 1. The van der Waals surface area contributed by atoms with E-state index in [1.165, 1.54) is 0 Å². The topological polar surface area (TPSA) is 28.7 Å². The molecule has 2 nitrogen and oxygen atoms in total. The van der Waals surface area contributed by atoms with Crippen LogP contribution in [0.25, 0.3) is 10.9 Å². The van der Waals surface area contributed by atoms with Gasteiger partial charge in [-0.1, -0.05) is 11.6 Å². The van der Waals surface area contributed by atoms with Crippen LogP contribution in [-0.4, -0.2) is 9.97 Å². The van der Waals surface area contributed by atoms with Crippen LogP contribution >= 0.6 is 34.2 Å². The molecule has 4 heteroatoms. The quantitative estimate of drug-likeness (QED) is 0.738. The highest BCUT2D eigenvalue weighted by Crippen LogP contribution is 2.22. The number of halogens is 2. The van der Waals surface area contributed by atoms with Crippen LogP contribution in [0.4, 0.5) is 0 Å². The van der Waals surface area contributed by atoms with E-state index in [0.717, 1.165) is 14.6 Å². The SMILES string of the molecule is Clc1cncc2[nH]c(I)cc12. The van der Waals surface area contributed by atoms with Gasteiger partial charge in [-0.15, -0.1) is 0 Å². The molecule has 0 amide bonds. The van der Waals surface area contributed by atoms with E-state index in [1.807, 2.05) is 6.07 Å². The molecule has 0 saturated heterocycles. The summed E-state index contributed by atoms with van der Waals surface area (Å²) < 4.78 is 1.08. The summed E-state index contributed by atoms with van der Waals surface area (Å²) in [5.74, 6) is 0. The minimum Gasteiger partial charge on any atom is -0.349 e. The maximum absolute atomic E-state index is 5.88. The third kappa shape index (κ3) is 1.22. The Balaban J connectivity index is 2.90. The molecular weight excluding hydrogens is 274 g/mol. The van der Waals surface area contributed by atoms with E-state index < -0.39 is 0 Å². The van der Waals surface area contributed by atoms with Gasteiger partial charge in [0.2, 0.25) is 0 Å². The van der Waals surface area contributed by atoms with Crippen molar-refractivity contribution in [3.05, 3.63) is 27.2 Å². The molecule has 11 heavy (non-hydrogen) atoms. The Bertz CT molecular complexity index is 396. The summed E-state index contributed by atoms with van der Waals surface area (Å²) in [5, 5.41) is 1.73. The van der Waals surface area contributed by atoms with Crippen LogP contribution in [-0.2, 0) is 0 Å². The van der Waals surface area contributed by atoms with Gasteiger partial charge in [-0.2, -0.15) is 0 Å². The second-order valence-electron chi connectivity index (χ2n) is 2.20. The maximum atomic E-state index is 5.88. The molecule has 0 aromatic carbocycles. The fraction of sp³-hybridized carbons (Fsp3) is 0. The van der Waals surface area contributed by atoms with Crippen molar-refractivity contribution in [2.75, 3.05) is 0 Å². The molecule has 2 rings (SSSR count). The molecule has 0 aliphatic carbocycles. The highest BCUT2D eigenvalue weighted by atomic mass is 127. The number of pyridine rings is 1. The summed E-state index contributed by atoms with van der Waals surface area (Å²) in [7, 11) is 0. The fourth-order valence-electron chi connectivity index (χ4n) is 0.983. The standard InChI is InChI=1S/C7H4ClIN2/c8-5-2-10-3-6-4(5)1-7(9)11-6/h1-3,11H. The average Bonchev–Trinajstić information content (AvgIpc) is 2.31. The molecule has 0 radical (unpaired) electrons. The van der Waals surface area contributed by atoms with Gasteiger partial charge in [0, 0.05) is 11.6 Å². The zero-order chi connectivity index (χ0) is 7.84. The molecule has 0 aliphatic heterocycles. The highest BCUT2D eigenvalue weighted by molar-refractivity contribution is 14.1. The van der Waals surface area contributed by atoms with Crippen molar-refractivity contribution < 1.29 is 0 Å². The molecule has 1 N–H and O–H groups in total. The number of fused-ring (bicyclic) bond motifs is 1. The molecule has 2 aromatic heterocycles. The zero-order valence-electron chi connectivity index (χ0n) is 5.44. The van der Waals surface area contributed by atoms with Crippen molar-refractivity contribution in [3.63, 3.8) is 0 Å². The minimum absolute atomic E-state index is 0.696. The molecule has 0 saturated carbocycles. The van der Waals surface area contributed by atoms with Gasteiger partial charge >= 0.3 is 0 Å². The maximum Gasteiger partial charge on any atom is 0.0783 e. The molecule has 0 spiro atoms. The van der Waals surface area contributed by atoms with E-state index in [-0.39, 0.29) is 0 Å². The van der Waals surface area contributed by atoms with Gasteiger partial charge in [0.25, 0.3) is 0 Å². The number of nitrogens with zero attached hydrogens (tertiary/aromatic N) is 1. The molecule has 2 aromatic rings. The third-order valence-electron chi connectivity index (χ3n) is 1.46. The van der Waals surface area contributed by atoms with E-state index in [1.54, 1.807) is 12.4 Å². The molecular formula is C7H4ClIN2. The van der Waals surface area contributed by atoms with E-state index in [9.17, 15) is 0 Å². The Labute approximate surface area is 82.1 Å².